The lowest BCUT2D eigenvalue weighted by molar-refractivity contribution is -0.0243. The Labute approximate surface area is 171 Å². The Kier molecular flexibility index (Phi) is 4.56. The number of ether oxygens (including phenoxy) is 1. The minimum atomic E-state index is -0.229. The summed E-state index contributed by atoms with van der Waals surface area (Å²) in [4.78, 5) is 0. The van der Waals surface area contributed by atoms with Crippen LogP contribution in [0.5, 0.6) is 0 Å². The Morgan fingerprint density at radius 3 is 2.83 bits per heavy atom. The van der Waals surface area contributed by atoms with Crippen molar-refractivity contribution in [2.45, 2.75) is 32.3 Å². The van der Waals surface area contributed by atoms with Gasteiger partial charge in [0.15, 0.2) is 0 Å². The van der Waals surface area contributed by atoms with Crippen molar-refractivity contribution >= 4 is 27.6 Å². The number of allylic oxidation sites excluding steroid dienone is 3. The lowest BCUT2D eigenvalue weighted by atomic mass is 9.75. The molecular weight excluding hydrogens is 358 g/mol. The van der Waals surface area contributed by atoms with E-state index >= 15 is 0 Å². The van der Waals surface area contributed by atoms with E-state index in [1.807, 2.05) is 12.1 Å². The molecule has 148 valence electrons. The van der Waals surface area contributed by atoms with E-state index < -0.39 is 0 Å². The molecule has 1 N–H and O–H groups in total. The molecule has 0 saturated carbocycles. The van der Waals surface area contributed by atoms with E-state index in [9.17, 15) is 0 Å². The Hall–Kier alpha value is -2.78. The molecular formula is C26H27NO2. The van der Waals surface area contributed by atoms with Gasteiger partial charge in [-0.05, 0) is 50.0 Å². The molecule has 0 fully saturated rings. The Bertz CT molecular complexity index is 1140. The summed E-state index contributed by atoms with van der Waals surface area (Å²) in [5, 5.41) is 5.93. The van der Waals surface area contributed by atoms with Crippen molar-refractivity contribution in [2.75, 3.05) is 11.9 Å². The maximum Gasteiger partial charge on any atom is 0.137 e. The normalized spacial score (nSPS) is 29.0. The zero-order valence-electron chi connectivity index (χ0n) is 17.0. The quantitative estimate of drug-likeness (QED) is 0.525. The van der Waals surface area contributed by atoms with Gasteiger partial charge in [-0.25, -0.2) is 0 Å². The molecule has 1 aromatic heterocycles. The number of para-hydroxylation sites is 1. The van der Waals surface area contributed by atoms with E-state index in [4.69, 9.17) is 9.15 Å². The van der Waals surface area contributed by atoms with Crippen LogP contribution in [-0.2, 0) is 4.74 Å². The maximum absolute atomic E-state index is 6.33. The second kappa shape index (κ2) is 7.23. The summed E-state index contributed by atoms with van der Waals surface area (Å²) in [5.41, 5.74) is 3.88. The van der Waals surface area contributed by atoms with Crippen molar-refractivity contribution in [1.82, 2.24) is 0 Å². The number of furan rings is 1. The number of benzene rings is 2. The predicted octanol–water partition coefficient (Wildman–Crippen LogP) is 6.83. The van der Waals surface area contributed by atoms with Gasteiger partial charge in [-0.15, -0.1) is 0 Å². The maximum atomic E-state index is 6.33. The van der Waals surface area contributed by atoms with Gasteiger partial charge < -0.3 is 14.5 Å². The van der Waals surface area contributed by atoms with Crippen molar-refractivity contribution in [3.63, 3.8) is 0 Å². The molecule has 0 bridgehead atoms. The van der Waals surface area contributed by atoms with E-state index in [1.54, 1.807) is 0 Å². The number of hydrogen-bond donors (Lipinski definition) is 1. The van der Waals surface area contributed by atoms with Crippen LogP contribution in [0.4, 0.5) is 5.69 Å². The fourth-order valence-corrected chi connectivity index (χ4v) is 4.72. The van der Waals surface area contributed by atoms with Crippen LogP contribution < -0.4 is 5.32 Å². The zero-order valence-corrected chi connectivity index (χ0v) is 17.0. The van der Waals surface area contributed by atoms with E-state index in [0.29, 0.717) is 18.4 Å². The summed E-state index contributed by atoms with van der Waals surface area (Å²) in [6.45, 7) is 5.14. The topological polar surface area (TPSA) is 34.4 Å². The number of rotatable bonds is 2. The largest absolute Gasteiger partial charge is 0.456 e. The van der Waals surface area contributed by atoms with E-state index in [2.05, 4.69) is 79.9 Å². The number of nitrogens with one attached hydrogen (secondary N) is 1. The highest BCUT2D eigenvalue weighted by atomic mass is 16.5. The molecule has 2 heterocycles. The van der Waals surface area contributed by atoms with Crippen molar-refractivity contribution < 1.29 is 9.15 Å². The third-order valence-corrected chi connectivity index (χ3v) is 6.41. The lowest BCUT2D eigenvalue weighted by Crippen LogP contribution is -2.39. The summed E-state index contributed by atoms with van der Waals surface area (Å²) >= 11 is 0. The molecule has 0 amide bonds. The molecule has 3 heteroatoms. The van der Waals surface area contributed by atoms with Crippen LogP contribution in [-0.4, -0.2) is 12.2 Å². The van der Waals surface area contributed by atoms with Crippen LogP contribution in [0.3, 0.4) is 0 Å². The van der Waals surface area contributed by atoms with Crippen LogP contribution in [0, 0.1) is 11.8 Å². The summed E-state index contributed by atoms with van der Waals surface area (Å²) in [6.07, 6.45) is 13.1. The first-order valence-electron chi connectivity index (χ1n) is 10.5. The Morgan fingerprint density at radius 2 is 1.90 bits per heavy atom. The van der Waals surface area contributed by atoms with Crippen molar-refractivity contribution in [3.8, 4) is 0 Å². The zero-order chi connectivity index (χ0) is 19.8. The van der Waals surface area contributed by atoms with Crippen molar-refractivity contribution in [2.24, 2.45) is 11.8 Å². The highest BCUT2D eigenvalue weighted by molar-refractivity contribution is 6.05. The summed E-state index contributed by atoms with van der Waals surface area (Å²) in [6, 6.07) is 14.6. The summed E-state index contributed by atoms with van der Waals surface area (Å²) in [7, 11) is 0. The monoisotopic (exact) mass is 385 g/mol. The molecule has 1 aliphatic heterocycles. The van der Waals surface area contributed by atoms with Gasteiger partial charge in [0.2, 0.25) is 0 Å². The smallest absolute Gasteiger partial charge is 0.137 e. The van der Waals surface area contributed by atoms with Crippen LogP contribution in [0.2, 0.25) is 0 Å². The van der Waals surface area contributed by atoms with Crippen LogP contribution in [0.25, 0.3) is 21.9 Å². The van der Waals surface area contributed by atoms with Gasteiger partial charge in [0.25, 0.3) is 0 Å². The third-order valence-electron chi connectivity index (χ3n) is 6.41. The first-order valence-corrected chi connectivity index (χ1v) is 10.5. The molecule has 2 unspecified atom stereocenters. The SMILES string of the molecule is CC1CC/C(Nc2ccc3c(c2)oc2ccccc23)=C\CO[C@]2(C)C=CC=CC12. The predicted molar refractivity (Wildman–Crippen MR) is 120 cm³/mol. The van der Waals surface area contributed by atoms with Gasteiger partial charge in [-0.2, -0.15) is 0 Å². The second-order valence-electron chi connectivity index (χ2n) is 8.44. The van der Waals surface area contributed by atoms with Crippen molar-refractivity contribution in [1.29, 1.82) is 0 Å². The lowest BCUT2D eigenvalue weighted by Gasteiger charge is -2.38. The van der Waals surface area contributed by atoms with Gasteiger partial charge in [-0.1, -0.05) is 49.4 Å². The Balaban J connectivity index is 1.39. The fourth-order valence-electron chi connectivity index (χ4n) is 4.72. The van der Waals surface area contributed by atoms with Gasteiger partial charge in [0, 0.05) is 34.1 Å². The first kappa shape index (κ1) is 18.3. The molecule has 0 saturated heterocycles. The summed E-state index contributed by atoms with van der Waals surface area (Å²) in [5.74, 6) is 0.953. The minimum absolute atomic E-state index is 0.229. The molecule has 3 atom stereocenters. The van der Waals surface area contributed by atoms with E-state index in [1.165, 1.54) is 5.70 Å². The minimum Gasteiger partial charge on any atom is -0.456 e. The van der Waals surface area contributed by atoms with E-state index in [-0.39, 0.29) is 5.60 Å². The van der Waals surface area contributed by atoms with Gasteiger partial charge in [0.05, 0.1) is 12.2 Å². The van der Waals surface area contributed by atoms with Gasteiger partial charge in [-0.3, -0.25) is 0 Å². The van der Waals surface area contributed by atoms with Crippen LogP contribution in [0.15, 0.2) is 83.0 Å². The van der Waals surface area contributed by atoms with Gasteiger partial charge >= 0.3 is 0 Å². The average Bonchev–Trinajstić information content (AvgIpc) is 3.11. The first-order chi connectivity index (χ1) is 14.1. The fraction of sp³-hybridized carbons (Fsp3) is 0.308. The van der Waals surface area contributed by atoms with Crippen molar-refractivity contribution in [3.05, 3.63) is 78.5 Å². The molecule has 3 aromatic rings. The second-order valence-corrected chi connectivity index (χ2v) is 8.44. The van der Waals surface area contributed by atoms with E-state index in [0.717, 1.165) is 40.5 Å². The number of fused-ring (bicyclic) bond motifs is 4. The Morgan fingerprint density at radius 1 is 1.03 bits per heavy atom. The molecule has 2 aliphatic rings. The number of anilines is 1. The molecule has 2 aromatic carbocycles. The average molecular weight is 386 g/mol. The molecule has 5 rings (SSSR count). The molecule has 0 radical (unpaired) electrons. The third kappa shape index (κ3) is 3.40. The molecule has 0 spiro atoms. The highest BCUT2D eigenvalue weighted by Crippen LogP contribution is 2.37. The molecule has 29 heavy (non-hydrogen) atoms. The van der Waals surface area contributed by atoms with Crippen LogP contribution in [0.1, 0.15) is 26.7 Å². The highest BCUT2D eigenvalue weighted by Gasteiger charge is 2.36. The van der Waals surface area contributed by atoms with Gasteiger partial charge in [0.1, 0.15) is 11.2 Å². The summed E-state index contributed by atoms with van der Waals surface area (Å²) < 4.78 is 12.4. The van der Waals surface area contributed by atoms with Crippen LogP contribution >= 0.6 is 0 Å². The molecule has 1 aliphatic carbocycles. The molecule has 3 nitrogen and oxygen atoms in total. The standard InChI is InChI=1S/C26H27NO2/c1-18-10-11-19(14-16-28-26(2)15-6-5-8-23(18)26)27-20-12-13-22-21-7-3-4-9-24(21)29-25(22)17-20/h3-9,12-15,17-18,23,27H,10-11,16H2,1-2H3/b19-14+/t18?,23?,26-/m1/s1. The number of hydrogen-bond acceptors (Lipinski definition) is 3.